The number of aliphatic imine (C=N–C) groups is 1. The van der Waals surface area contributed by atoms with Gasteiger partial charge in [-0.3, -0.25) is 4.98 Å². The number of allylic oxidation sites excluding steroid dienone is 1. The average molecular weight is 297 g/mol. The van der Waals surface area contributed by atoms with E-state index in [0.717, 1.165) is 25.1 Å². The summed E-state index contributed by atoms with van der Waals surface area (Å²) in [5.74, 6) is 0.463. The maximum absolute atomic E-state index is 12.9. The molecule has 1 aliphatic heterocycles. The molecule has 1 aromatic heterocycles. The van der Waals surface area contributed by atoms with E-state index in [9.17, 15) is 18.3 Å². The van der Waals surface area contributed by atoms with Gasteiger partial charge in [0.15, 0.2) is 0 Å². The fraction of sp³-hybridized carbons (Fsp3) is 0.429. The molecule has 21 heavy (non-hydrogen) atoms. The minimum Gasteiger partial charge on any atom is -0.508 e. The van der Waals surface area contributed by atoms with E-state index in [-0.39, 0.29) is 24.4 Å². The molecule has 2 heterocycles. The number of hydrogen-bond donors (Lipinski definition) is 1. The predicted octanol–water partition coefficient (Wildman–Crippen LogP) is 3.12. The van der Waals surface area contributed by atoms with Crippen molar-refractivity contribution in [3.05, 3.63) is 41.0 Å². The molecule has 0 unspecified atom stereocenters. The minimum absolute atomic E-state index is 0.00812. The number of nitrogens with zero attached hydrogens (tertiary/aromatic N) is 3. The Balaban J connectivity index is 1.76. The Morgan fingerprint density at radius 2 is 2.10 bits per heavy atom. The fourth-order valence-corrected chi connectivity index (χ4v) is 2.38. The Hall–Kier alpha value is -2.05. The van der Waals surface area contributed by atoms with E-state index in [2.05, 4.69) is 9.98 Å². The zero-order valence-corrected chi connectivity index (χ0v) is 11.1. The topological polar surface area (TPSA) is 48.7 Å². The van der Waals surface area contributed by atoms with E-state index in [1.165, 1.54) is 12.5 Å². The highest BCUT2D eigenvalue weighted by Crippen LogP contribution is 2.39. The highest BCUT2D eigenvalue weighted by Gasteiger charge is 2.34. The van der Waals surface area contributed by atoms with Crippen LogP contribution in [0.1, 0.15) is 24.0 Å². The van der Waals surface area contributed by atoms with E-state index in [4.69, 9.17) is 0 Å². The molecule has 1 N–H and O–H groups in total. The van der Waals surface area contributed by atoms with Crippen molar-refractivity contribution in [1.29, 1.82) is 0 Å². The molecule has 1 fully saturated rings. The minimum atomic E-state index is -4.41. The lowest BCUT2D eigenvalue weighted by molar-refractivity contribution is -0.138. The van der Waals surface area contributed by atoms with Gasteiger partial charge in [-0.15, -0.1) is 0 Å². The van der Waals surface area contributed by atoms with Crippen molar-refractivity contribution >= 4 is 6.34 Å². The van der Waals surface area contributed by atoms with E-state index in [1.54, 1.807) is 4.90 Å². The van der Waals surface area contributed by atoms with Crippen LogP contribution in [0.2, 0.25) is 0 Å². The van der Waals surface area contributed by atoms with Crippen LogP contribution in [0, 0.1) is 5.92 Å². The summed E-state index contributed by atoms with van der Waals surface area (Å²) in [6.07, 6.45) is 1.44. The number of aliphatic hydroxyl groups is 1. The van der Waals surface area contributed by atoms with Gasteiger partial charge in [0.25, 0.3) is 0 Å². The number of aromatic nitrogens is 1. The third-order valence-corrected chi connectivity index (χ3v) is 3.56. The lowest BCUT2D eigenvalue weighted by atomic mass is 10.1. The first-order valence-electron chi connectivity index (χ1n) is 6.65. The molecular formula is C14H14F3N3O. The number of alkyl halides is 3. The maximum Gasteiger partial charge on any atom is 0.416 e. The number of rotatable bonds is 3. The van der Waals surface area contributed by atoms with Crippen LogP contribution in [0.25, 0.3) is 0 Å². The van der Waals surface area contributed by atoms with Gasteiger partial charge < -0.3 is 10.0 Å². The van der Waals surface area contributed by atoms with Crippen LogP contribution in [0.15, 0.2) is 34.9 Å². The van der Waals surface area contributed by atoms with Crippen molar-refractivity contribution in [3.8, 4) is 0 Å². The van der Waals surface area contributed by atoms with Crippen LogP contribution in [-0.4, -0.2) is 27.9 Å². The molecule has 4 nitrogen and oxygen atoms in total. The molecule has 0 bridgehead atoms. The standard InChI is InChI=1S/C14H14F3N3O/c15-14(16,17)11-3-4-18-5-10(11)6-20-7-12(21)13(19-8-20)9-1-2-9/h3-5,8-9,21H,1-2,6-7H2. The van der Waals surface area contributed by atoms with Gasteiger partial charge in [0.2, 0.25) is 0 Å². The van der Waals surface area contributed by atoms with Crippen molar-refractivity contribution < 1.29 is 18.3 Å². The SMILES string of the molecule is OC1=C(C2CC2)N=CN(Cc2cnccc2C(F)(F)F)C1. The Bertz CT molecular complexity index is 606. The maximum atomic E-state index is 12.9. The molecule has 1 saturated carbocycles. The molecule has 1 aromatic rings. The second-order valence-electron chi connectivity index (χ2n) is 5.29. The molecular weight excluding hydrogens is 283 g/mol. The van der Waals surface area contributed by atoms with Crippen molar-refractivity contribution in [1.82, 2.24) is 9.88 Å². The third kappa shape index (κ3) is 3.01. The van der Waals surface area contributed by atoms with Crippen LogP contribution >= 0.6 is 0 Å². The summed E-state index contributed by atoms with van der Waals surface area (Å²) in [5.41, 5.74) is 0.0370. The van der Waals surface area contributed by atoms with E-state index in [0.29, 0.717) is 11.6 Å². The van der Waals surface area contributed by atoms with Gasteiger partial charge in [-0.2, -0.15) is 13.2 Å². The normalized spacial score (nSPS) is 19.3. The van der Waals surface area contributed by atoms with Crippen LogP contribution in [0.3, 0.4) is 0 Å². The monoisotopic (exact) mass is 297 g/mol. The van der Waals surface area contributed by atoms with Crippen LogP contribution < -0.4 is 0 Å². The van der Waals surface area contributed by atoms with E-state index in [1.807, 2.05) is 0 Å². The Kier molecular flexibility index (Phi) is 3.35. The number of pyridine rings is 1. The van der Waals surface area contributed by atoms with E-state index >= 15 is 0 Å². The number of aliphatic hydroxyl groups excluding tert-OH is 1. The van der Waals surface area contributed by atoms with Gasteiger partial charge in [0.05, 0.1) is 24.1 Å². The summed E-state index contributed by atoms with van der Waals surface area (Å²) >= 11 is 0. The molecule has 0 spiro atoms. The van der Waals surface area contributed by atoms with Crippen molar-refractivity contribution in [2.75, 3.05) is 6.54 Å². The molecule has 2 aliphatic rings. The average Bonchev–Trinajstić information content (AvgIpc) is 3.22. The fourth-order valence-electron chi connectivity index (χ4n) is 2.38. The number of hydrogen-bond acceptors (Lipinski definition) is 4. The van der Waals surface area contributed by atoms with Crippen molar-refractivity contribution in [2.45, 2.75) is 25.6 Å². The summed E-state index contributed by atoms with van der Waals surface area (Å²) in [6.45, 7) is 0.190. The lowest BCUT2D eigenvalue weighted by Gasteiger charge is -2.25. The van der Waals surface area contributed by atoms with Gasteiger partial charge in [0.1, 0.15) is 5.76 Å². The van der Waals surface area contributed by atoms with Gasteiger partial charge in [0, 0.05) is 30.4 Å². The largest absolute Gasteiger partial charge is 0.508 e. The van der Waals surface area contributed by atoms with Crippen molar-refractivity contribution in [3.63, 3.8) is 0 Å². The highest BCUT2D eigenvalue weighted by molar-refractivity contribution is 5.60. The molecule has 0 saturated heterocycles. The summed E-state index contributed by atoms with van der Waals surface area (Å²) in [4.78, 5) is 9.47. The first-order chi connectivity index (χ1) is 9.95. The van der Waals surface area contributed by atoms with Gasteiger partial charge in [-0.25, -0.2) is 4.99 Å². The molecule has 3 rings (SSSR count). The molecule has 112 valence electrons. The first-order valence-corrected chi connectivity index (χ1v) is 6.65. The molecule has 0 radical (unpaired) electrons. The lowest BCUT2D eigenvalue weighted by Crippen LogP contribution is -2.29. The Morgan fingerprint density at radius 1 is 1.33 bits per heavy atom. The van der Waals surface area contributed by atoms with Crippen LogP contribution in [0.5, 0.6) is 0 Å². The molecule has 1 aliphatic carbocycles. The van der Waals surface area contributed by atoms with Crippen LogP contribution in [0.4, 0.5) is 13.2 Å². The van der Waals surface area contributed by atoms with Crippen LogP contribution in [-0.2, 0) is 12.7 Å². The summed E-state index contributed by atoms with van der Waals surface area (Å²) in [6, 6.07) is 0.960. The van der Waals surface area contributed by atoms with Gasteiger partial charge in [-0.1, -0.05) is 0 Å². The first kappa shape index (κ1) is 13.9. The predicted molar refractivity (Wildman–Crippen MR) is 70.5 cm³/mol. The number of halogens is 3. The smallest absolute Gasteiger partial charge is 0.416 e. The van der Waals surface area contributed by atoms with Gasteiger partial charge in [-0.05, 0) is 18.9 Å². The highest BCUT2D eigenvalue weighted by atomic mass is 19.4. The second kappa shape index (κ2) is 5.05. The zero-order chi connectivity index (χ0) is 15.0. The van der Waals surface area contributed by atoms with Crippen molar-refractivity contribution in [2.24, 2.45) is 10.9 Å². The molecule has 7 heteroatoms. The summed E-state index contributed by atoms with van der Waals surface area (Å²) in [7, 11) is 0. The Morgan fingerprint density at radius 3 is 2.71 bits per heavy atom. The summed E-state index contributed by atoms with van der Waals surface area (Å²) in [5, 5.41) is 9.94. The molecule has 0 aromatic carbocycles. The van der Waals surface area contributed by atoms with E-state index < -0.39 is 11.7 Å². The third-order valence-electron chi connectivity index (χ3n) is 3.56. The molecule has 0 amide bonds. The quantitative estimate of drug-likeness (QED) is 0.932. The Labute approximate surface area is 119 Å². The zero-order valence-electron chi connectivity index (χ0n) is 11.1. The summed E-state index contributed by atoms with van der Waals surface area (Å²) < 4.78 is 38.8. The second-order valence-corrected chi connectivity index (χ2v) is 5.29. The molecule has 0 atom stereocenters. The van der Waals surface area contributed by atoms with Gasteiger partial charge >= 0.3 is 6.18 Å².